The van der Waals surface area contributed by atoms with Gasteiger partial charge in [-0.3, -0.25) is 19.4 Å². The van der Waals surface area contributed by atoms with Gasteiger partial charge in [-0.2, -0.15) is 0 Å². The SMILES string of the molecule is CCOC(=O)CNCCNC(=O)C1(c2ccccc2)CCN(CCC(CN(C)C(=O)c2cc(OC)c(OC)c(OC)c2)c2cccnc2)CC1. The number of rotatable bonds is 18. The molecular weight excluding hydrogens is 638 g/mol. The van der Waals surface area contributed by atoms with Crippen LogP contribution >= 0.6 is 0 Å². The number of pyridine rings is 1. The van der Waals surface area contributed by atoms with Crippen LogP contribution in [0.25, 0.3) is 0 Å². The Kier molecular flexibility index (Phi) is 14.4. The number of esters is 1. The van der Waals surface area contributed by atoms with Gasteiger partial charge in [-0.05, 0) is 75.1 Å². The summed E-state index contributed by atoms with van der Waals surface area (Å²) in [7, 11) is 6.38. The van der Waals surface area contributed by atoms with Gasteiger partial charge in [0.15, 0.2) is 11.5 Å². The third-order valence-corrected chi connectivity index (χ3v) is 9.33. The number of hydrogen-bond donors (Lipinski definition) is 2. The molecule has 270 valence electrons. The van der Waals surface area contributed by atoms with Crippen molar-refractivity contribution in [2.24, 2.45) is 0 Å². The van der Waals surface area contributed by atoms with Crippen LogP contribution in [0.5, 0.6) is 17.2 Å². The summed E-state index contributed by atoms with van der Waals surface area (Å²) in [4.78, 5) is 47.6. The number of benzene rings is 2. The Hall–Kier alpha value is -4.68. The van der Waals surface area contributed by atoms with E-state index < -0.39 is 5.41 Å². The van der Waals surface area contributed by atoms with Crippen LogP contribution in [0.1, 0.15) is 53.6 Å². The second-order valence-corrected chi connectivity index (χ2v) is 12.4. The highest BCUT2D eigenvalue weighted by molar-refractivity contribution is 5.95. The minimum absolute atomic E-state index is 0.00134. The maximum Gasteiger partial charge on any atom is 0.319 e. The molecular formula is C38H51N5O7. The highest BCUT2D eigenvalue weighted by Gasteiger charge is 2.42. The number of hydrogen-bond acceptors (Lipinski definition) is 10. The monoisotopic (exact) mass is 689 g/mol. The van der Waals surface area contributed by atoms with Crippen molar-refractivity contribution in [2.45, 2.75) is 37.5 Å². The zero-order valence-corrected chi connectivity index (χ0v) is 29.9. The molecule has 50 heavy (non-hydrogen) atoms. The minimum atomic E-state index is -0.644. The predicted molar refractivity (Wildman–Crippen MR) is 191 cm³/mol. The highest BCUT2D eigenvalue weighted by Crippen LogP contribution is 2.39. The quantitative estimate of drug-likeness (QED) is 0.151. The van der Waals surface area contributed by atoms with Crippen molar-refractivity contribution >= 4 is 17.8 Å². The van der Waals surface area contributed by atoms with Crippen molar-refractivity contribution in [3.63, 3.8) is 0 Å². The summed E-state index contributed by atoms with van der Waals surface area (Å²) in [5, 5.41) is 6.14. The smallest absolute Gasteiger partial charge is 0.319 e. The number of piperidine rings is 1. The Bertz CT molecular complexity index is 1510. The second kappa shape index (κ2) is 18.9. The lowest BCUT2D eigenvalue weighted by atomic mass is 9.72. The van der Waals surface area contributed by atoms with Crippen LogP contribution < -0.4 is 24.8 Å². The molecule has 4 rings (SSSR count). The van der Waals surface area contributed by atoms with Crippen molar-refractivity contribution in [3.8, 4) is 17.2 Å². The molecule has 12 heteroatoms. The van der Waals surface area contributed by atoms with Gasteiger partial charge in [0.1, 0.15) is 0 Å². The van der Waals surface area contributed by atoms with Crippen molar-refractivity contribution in [3.05, 3.63) is 83.7 Å². The van der Waals surface area contributed by atoms with E-state index in [1.54, 1.807) is 37.2 Å². The van der Waals surface area contributed by atoms with E-state index in [-0.39, 0.29) is 30.2 Å². The lowest BCUT2D eigenvalue weighted by Gasteiger charge is -2.41. The van der Waals surface area contributed by atoms with Gasteiger partial charge in [-0.15, -0.1) is 0 Å². The van der Waals surface area contributed by atoms with Crippen LogP contribution in [0.3, 0.4) is 0 Å². The molecule has 12 nitrogen and oxygen atoms in total. The molecule has 0 radical (unpaired) electrons. The van der Waals surface area contributed by atoms with E-state index in [0.29, 0.717) is 61.9 Å². The number of nitrogens with one attached hydrogen (secondary N) is 2. The largest absolute Gasteiger partial charge is 0.493 e. The number of methoxy groups -OCH3 is 3. The lowest BCUT2D eigenvalue weighted by Crippen LogP contribution is -2.52. The average molecular weight is 690 g/mol. The summed E-state index contributed by atoms with van der Waals surface area (Å²) < 4.78 is 21.3. The van der Waals surface area contributed by atoms with Gasteiger partial charge < -0.3 is 39.4 Å². The van der Waals surface area contributed by atoms with Crippen molar-refractivity contribution in [2.75, 3.05) is 80.8 Å². The number of likely N-dealkylation sites (N-methyl/N-ethyl adjacent to an activating group) is 1. The Labute approximate surface area is 295 Å². The maximum absolute atomic E-state index is 13.8. The number of aromatic nitrogens is 1. The van der Waals surface area contributed by atoms with E-state index >= 15 is 0 Å². The fourth-order valence-corrected chi connectivity index (χ4v) is 6.56. The first-order chi connectivity index (χ1) is 24.3. The van der Waals surface area contributed by atoms with Gasteiger partial charge in [0.2, 0.25) is 11.7 Å². The first kappa shape index (κ1) is 38.1. The molecule has 0 bridgehead atoms. The molecule has 1 saturated heterocycles. The van der Waals surface area contributed by atoms with Crippen LogP contribution in [-0.4, -0.2) is 113 Å². The first-order valence-electron chi connectivity index (χ1n) is 17.1. The molecule has 1 aliphatic heterocycles. The maximum atomic E-state index is 13.8. The first-order valence-corrected chi connectivity index (χ1v) is 17.1. The van der Waals surface area contributed by atoms with E-state index in [1.165, 1.54) is 21.3 Å². The molecule has 1 fully saturated rings. The molecule has 2 aromatic carbocycles. The predicted octanol–water partition coefficient (Wildman–Crippen LogP) is 3.66. The van der Waals surface area contributed by atoms with Gasteiger partial charge >= 0.3 is 5.97 Å². The summed E-state index contributed by atoms with van der Waals surface area (Å²) in [6.45, 7) is 5.88. The van der Waals surface area contributed by atoms with Gasteiger partial charge in [0.05, 0.1) is 39.9 Å². The van der Waals surface area contributed by atoms with Gasteiger partial charge in [-0.1, -0.05) is 36.4 Å². The van der Waals surface area contributed by atoms with Crippen molar-refractivity contribution in [1.82, 2.24) is 25.4 Å². The molecule has 1 unspecified atom stereocenters. The third-order valence-electron chi connectivity index (χ3n) is 9.33. The molecule has 3 aromatic rings. The lowest BCUT2D eigenvalue weighted by molar-refractivity contribution is -0.141. The highest BCUT2D eigenvalue weighted by atomic mass is 16.5. The van der Waals surface area contributed by atoms with E-state index in [2.05, 4.69) is 26.6 Å². The van der Waals surface area contributed by atoms with Gasteiger partial charge in [0.25, 0.3) is 5.91 Å². The molecule has 2 N–H and O–H groups in total. The third kappa shape index (κ3) is 9.72. The normalized spacial score (nSPS) is 14.7. The fourth-order valence-electron chi connectivity index (χ4n) is 6.56. The van der Waals surface area contributed by atoms with Crippen LogP contribution in [0, 0.1) is 0 Å². The van der Waals surface area contributed by atoms with E-state index in [1.807, 2.05) is 42.6 Å². The van der Waals surface area contributed by atoms with E-state index in [9.17, 15) is 14.4 Å². The molecule has 0 spiro atoms. The summed E-state index contributed by atoms with van der Waals surface area (Å²) in [6, 6.07) is 17.3. The molecule has 1 aromatic heterocycles. The van der Waals surface area contributed by atoms with Crippen molar-refractivity contribution < 1.29 is 33.3 Å². The van der Waals surface area contributed by atoms with Crippen LogP contribution in [0.4, 0.5) is 0 Å². The van der Waals surface area contributed by atoms with Crippen LogP contribution in [0.15, 0.2) is 67.0 Å². The number of nitrogens with zero attached hydrogens (tertiary/aromatic N) is 3. The summed E-state index contributed by atoms with van der Waals surface area (Å²) in [5.41, 5.74) is 1.86. The second-order valence-electron chi connectivity index (χ2n) is 12.4. The van der Waals surface area contributed by atoms with Crippen LogP contribution in [-0.2, 0) is 19.7 Å². The van der Waals surface area contributed by atoms with E-state index in [4.69, 9.17) is 18.9 Å². The van der Waals surface area contributed by atoms with Gasteiger partial charge in [-0.25, -0.2) is 0 Å². The standard InChI is InChI=1S/C38H51N5O7/c1-6-50-34(44)26-40-18-19-41-37(46)38(31-12-8-7-9-13-31)15-21-43(22-16-38)20-14-29(28-11-10-17-39-25-28)27-42(2)36(45)30-23-32(47-3)35(49-5)33(24-30)48-4/h7-13,17,23-25,29,40H,6,14-16,18-22,26-27H2,1-5H3,(H,41,46). The number of likely N-dealkylation sites (tertiary alicyclic amines) is 1. The summed E-state index contributed by atoms with van der Waals surface area (Å²) in [6.07, 6.45) is 5.77. The Morgan fingerprint density at radius 2 is 1.66 bits per heavy atom. The fraction of sp³-hybridized carbons (Fsp3) is 0.474. The summed E-state index contributed by atoms with van der Waals surface area (Å²) >= 11 is 0. The molecule has 2 amide bonds. The number of carbonyl (C=O) groups is 3. The zero-order valence-electron chi connectivity index (χ0n) is 29.9. The number of ether oxygens (including phenoxy) is 4. The Balaban J connectivity index is 1.40. The Morgan fingerprint density at radius 1 is 0.960 bits per heavy atom. The number of amides is 2. The van der Waals surface area contributed by atoms with Crippen molar-refractivity contribution in [1.29, 1.82) is 0 Å². The van der Waals surface area contributed by atoms with E-state index in [0.717, 1.165) is 37.2 Å². The Morgan fingerprint density at radius 3 is 2.26 bits per heavy atom. The molecule has 1 aliphatic rings. The van der Waals surface area contributed by atoms with Crippen LogP contribution in [0.2, 0.25) is 0 Å². The average Bonchev–Trinajstić information content (AvgIpc) is 3.16. The molecule has 0 aliphatic carbocycles. The molecule has 2 heterocycles. The minimum Gasteiger partial charge on any atom is -0.493 e. The summed E-state index contributed by atoms with van der Waals surface area (Å²) in [5.74, 6) is 0.834. The molecule has 0 saturated carbocycles. The topological polar surface area (TPSA) is 132 Å². The molecule has 1 atom stereocenters. The number of carbonyl (C=O) groups excluding carboxylic acids is 3. The van der Waals surface area contributed by atoms with Gasteiger partial charge in [0, 0.05) is 50.6 Å². The zero-order chi connectivity index (χ0) is 35.9.